The number of carboxylic acid groups (broad SMARTS) is 1. The molecule has 1 N–H and O–H groups in total. The fourth-order valence-corrected chi connectivity index (χ4v) is 4.58. The van der Waals surface area contributed by atoms with E-state index in [2.05, 4.69) is 9.97 Å². The van der Waals surface area contributed by atoms with Gasteiger partial charge in [-0.1, -0.05) is 12.1 Å². The van der Waals surface area contributed by atoms with Crippen LogP contribution in [-0.2, 0) is 24.3 Å². The minimum atomic E-state index is -1.17. The van der Waals surface area contributed by atoms with Gasteiger partial charge in [0.1, 0.15) is 35.4 Å². The van der Waals surface area contributed by atoms with E-state index in [1.165, 1.54) is 25.3 Å². The van der Waals surface area contributed by atoms with Crippen molar-refractivity contribution in [3.05, 3.63) is 112 Å². The van der Waals surface area contributed by atoms with E-state index in [1.54, 1.807) is 22.8 Å². The summed E-state index contributed by atoms with van der Waals surface area (Å²) >= 11 is 0. The number of methoxy groups -OCH3 is 1. The molecule has 0 fully saturated rings. The molecule has 0 aliphatic rings. The number of halogens is 4. The second-order valence-corrected chi connectivity index (χ2v) is 9.44. The number of aromatic nitrogens is 3. The molecule has 0 atom stereocenters. The summed E-state index contributed by atoms with van der Waals surface area (Å²) in [4.78, 5) is 20.1. The van der Waals surface area contributed by atoms with E-state index in [1.807, 2.05) is 0 Å². The molecule has 0 aliphatic carbocycles. The van der Waals surface area contributed by atoms with Crippen LogP contribution in [0.2, 0.25) is 0 Å². The molecule has 0 radical (unpaired) electrons. The molecular formula is C31H22F4N4O4. The van der Waals surface area contributed by atoms with E-state index >= 15 is 8.78 Å². The maximum absolute atomic E-state index is 15.4. The van der Waals surface area contributed by atoms with Crippen molar-refractivity contribution in [2.45, 2.75) is 19.6 Å². The number of benzene rings is 3. The Bertz CT molecular complexity index is 1900. The number of fused-ring (bicyclic) bond motifs is 1. The van der Waals surface area contributed by atoms with E-state index in [-0.39, 0.29) is 52.1 Å². The van der Waals surface area contributed by atoms with Gasteiger partial charge in [-0.05, 0) is 54.1 Å². The average molecular weight is 591 g/mol. The first-order chi connectivity index (χ1) is 20.7. The van der Waals surface area contributed by atoms with Crippen LogP contribution in [0.5, 0.6) is 5.88 Å². The summed E-state index contributed by atoms with van der Waals surface area (Å²) in [5.74, 6) is -4.70. The summed E-state index contributed by atoms with van der Waals surface area (Å²) in [5.41, 5.74) is 0.386. The molecule has 218 valence electrons. The van der Waals surface area contributed by atoms with Crippen LogP contribution in [0, 0.1) is 34.6 Å². The predicted octanol–water partition coefficient (Wildman–Crippen LogP) is 6.04. The van der Waals surface area contributed by atoms with Crippen molar-refractivity contribution in [2.75, 3.05) is 13.7 Å². The smallest absolute Gasteiger partial charge is 0.337 e. The van der Waals surface area contributed by atoms with Crippen molar-refractivity contribution < 1.29 is 36.9 Å². The monoisotopic (exact) mass is 590 g/mol. The first kappa shape index (κ1) is 29.2. The van der Waals surface area contributed by atoms with Gasteiger partial charge in [0, 0.05) is 31.2 Å². The maximum atomic E-state index is 15.4. The number of nitrogens with zero attached hydrogens (tertiary/aromatic N) is 4. The summed E-state index contributed by atoms with van der Waals surface area (Å²) < 4.78 is 71.6. The predicted molar refractivity (Wildman–Crippen MR) is 146 cm³/mol. The van der Waals surface area contributed by atoms with Gasteiger partial charge in [-0.15, -0.1) is 0 Å². The van der Waals surface area contributed by atoms with Crippen LogP contribution in [0.3, 0.4) is 0 Å². The number of nitriles is 1. The van der Waals surface area contributed by atoms with Gasteiger partial charge in [-0.3, -0.25) is 0 Å². The van der Waals surface area contributed by atoms with Crippen molar-refractivity contribution in [2.24, 2.45) is 0 Å². The number of imidazole rings is 1. The lowest BCUT2D eigenvalue weighted by Gasteiger charge is -2.12. The third-order valence-corrected chi connectivity index (χ3v) is 6.73. The van der Waals surface area contributed by atoms with Gasteiger partial charge in [0.2, 0.25) is 0 Å². The number of rotatable bonds is 10. The molecule has 5 rings (SSSR count). The van der Waals surface area contributed by atoms with Crippen LogP contribution in [-0.4, -0.2) is 39.3 Å². The second-order valence-electron chi connectivity index (χ2n) is 9.44. The molecule has 0 unspecified atom stereocenters. The van der Waals surface area contributed by atoms with E-state index in [9.17, 15) is 18.7 Å². The fourth-order valence-electron chi connectivity index (χ4n) is 4.58. The molecule has 43 heavy (non-hydrogen) atoms. The number of hydrogen-bond acceptors (Lipinski definition) is 6. The number of para-hydroxylation sites is 1. The Hall–Kier alpha value is -5.28. The van der Waals surface area contributed by atoms with Gasteiger partial charge in [-0.25, -0.2) is 32.3 Å². The number of pyridine rings is 1. The lowest BCUT2D eigenvalue weighted by Crippen LogP contribution is -2.10. The molecule has 12 heteroatoms. The van der Waals surface area contributed by atoms with Gasteiger partial charge in [0.15, 0.2) is 5.82 Å². The Labute approximate surface area is 242 Å². The lowest BCUT2D eigenvalue weighted by atomic mass is 10.0. The summed E-state index contributed by atoms with van der Waals surface area (Å²) in [6.07, 6.45) is -0.165. The number of ether oxygens (including phenoxy) is 2. The minimum absolute atomic E-state index is 0.0285. The van der Waals surface area contributed by atoms with Gasteiger partial charge in [-0.2, -0.15) is 5.26 Å². The van der Waals surface area contributed by atoms with Crippen molar-refractivity contribution in [3.8, 4) is 23.2 Å². The Morgan fingerprint density at radius 1 is 0.953 bits per heavy atom. The fraction of sp³-hybridized carbons (Fsp3) is 0.161. The van der Waals surface area contributed by atoms with Crippen LogP contribution in [0.4, 0.5) is 17.6 Å². The zero-order valence-corrected chi connectivity index (χ0v) is 22.6. The standard InChI is InChI=1S/C31H22F4N4O4/c1-42-10-9-39-27-4-2-3-20(31(40)41)29(27)38-28(39)13-19-12-25(35)21(14-24(19)34)26-8-7-22(32)30(37-26)43-16-18-6-5-17(15-36)11-23(18)33/h2-8,11-12,14H,9-10,13,16H2,1H3,(H,40,41). The van der Waals surface area contributed by atoms with E-state index < -0.39 is 41.7 Å². The number of hydrogen-bond donors (Lipinski definition) is 1. The zero-order chi connectivity index (χ0) is 30.7. The minimum Gasteiger partial charge on any atom is -0.478 e. The lowest BCUT2D eigenvalue weighted by molar-refractivity contribution is 0.0699. The van der Waals surface area contributed by atoms with E-state index in [0.717, 1.165) is 30.3 Å². The topological polar surface area (TPSA) is 110 Å². The molecule has 2 heterocycles. The van der Waals surface area contributed by atoms with Crippen LogP contribution in [0.15, 0.2) is 60.7 Å². The maximum Gasteiger partial charge on any atom is 0.337 e. The average Bonchev–Trinajstić information content (AvgIpc) is 3.34. The highest BCUT2D eigenvalue weighted by molar-refractivity contribution is 6.01. The molecule has 0 spiro atoms. The molecular weight excluding hydrogens is 568 g/mol. The molecule has 2 aromatic heterocycles. The highest BCUT2D eigenvalue weighted by Gasteiger charge is 2.21. The molecule has 0 bridgehead atoms. The number of carboxylic acids is 1. The SMILES string of the molecule is COCCn1c(Cc2cc(F)c(-c3ccc(F)c(OCc4ccc(C#N)cc4F)n3)cc2F)nc2c(C(=O)O)cccc21. The summed E-state index contributed by atoms with van der Waals surface area (Å²) in [6, 6.07) is 14.2. The zero-order valence-electron chi connectivity index (χ0n) is 22.6. The molecule has 0 saturated carbocycles. The quantitative estimate of drug-likeness (QED) is 0.198. The highest BCUT2D eigenvalue weighted by atomic mass is 19.1. The molecule has 0 saturated heterocycles. The van der Waals surface area contributed by atoms with Crippen molar-refractivity contribution in [3.63, 3.8) is 0 Å². The summed E-state index contributed by atoms with van der Waals surface area (Å²) in [5, 5.41) is 18.5. The Morgan fingerprint density at radius 3 is 2.47 bits per heavy atom. The highest BCUT2D eigenvalue weighted by Crippen LogP contribution is 2.29. The molecule has 0 amide bonds. The normalized spacial score (nSPS) is 11.1. The third-order valence-electron chi connectivity index (χ3n) is 6.73. The van der Waals surface area contributed by atoms with E-state index in [0.29, 0.717) is 17.9 Å². The van der Waals surface area contributed by atoms with Crippen molar-refractivity contribution >= 4 is 17.0 Å². The molecule has 8 nitrogen and oxygen atoms in total. The van der Waals surface area contributed by atoms with Crippen LogP contribution >= 0.6 is 0 Å². The van der Waals surface area contributed by atoms with Crippen molar-refractivity contribution in [1.82, 2.24) is 14.5 Å². The molecule has 0 aliphatic heterocycles. The number of carbonyl (C=O) groups is 1. The third kappa shape index (κ3) is 6.02. The molecule has 3 aromatic carbocycles. The second kappa shape index (κ2) is 12.3. The Balaban J connectivity index is 1.44. The molecule has 5 aromatic rings. The van der Waals surface area contributed by atoms with E-state index in [4.69, 9.17) is 14.7 Å². The first-order valence-electron chi connectivity index (χ1n) is 12.9. The Morgan fingerprint density at radius 2 is 1.74 bits per heavy atom. The van der Waals surface area contributed by atoms with Gasteiger partial charge in [0.05, 0.1) is 35.0 Å². The van der Waals surface area contributed by atoms with Crippen LogP contribution in [0.1, 0.15) is 32.9 Å². The van der Waals surface area contributed by atoms with Gasteiger partial charge < -0.3 is 19.1 Å². The largest absolute Gasteiger partial charge is 0.478 e. The number of aromatic carboxylic acids is 1. The first-order valence-corrected chi connectivity index (χ1v) is 12.9. The summed E-state index contributed by atoms with van der Waals surface area (Å²) in [7, 11) is 1.50. The Kier molecular flexibility index (Phi) is 8.36. The summed E-state index contributed by atoms with van der Waals surface area (Å²) in [6.45, 7) is 0.139. The van der Waals surface area contributed by atoms with Gasteiger partial charge >= 0.3 is 5.97 Å². The van der Waals surface area contributed by atoms with Crippen molar-refractivity contribution in [1.29, 1.82) is 5.26 Å². The van der Waals surface area contributed by atoms with Crippen LogP contribution in [0.25, 0.3) is 22.3 Å². The van der Waals surface area contributed by atoms with Gasteiger partial charge in [0.25, 0.3) is 5.88 Å². The van der Waals surface area contributed by atoms with Crippen LogP contribution < -0.4 is 4.74 Å².